The van der Waals surface area contributed by atoms with Crippen LogP contribution in [0.4, 0.5) is 0 Å². The van der Waals surface area contributed by atoms with E-state index in [0.717, 1.165) is 13.8 Å². The molecule has 0 aromatic carbocycles. The van der Waals surface area contributed by atoms with Gasteiger partial charge in [-0.1, -0.05) is 0 Å². The summed E-state index contributed by atoms with van der Waals surface area (Å²) in [6, 6.07) is -3.05. The number of nitrogens with one attached hydrogen (secondary N) is 2. The second kappa shape index (κ2) is 21.4. The SMILES string of the molecule is CO[C@@H]1C(CO)O[C@H](O[C@@H]2C(OC=O)O[C@@H](O[C@@H]3C(CO)O[C@H](O[C@@H]4C(OC=O)O[C@@H](OCCN)[C@@H](O)C4O)[C@@H](NC(C)=O)C3O)[C@@H](O)C2O)[C@@H](NC(C)=O)C1O. The van der Waals surface area contributed by atoms with Crippen molar-refractivity contribution in [2.24, 2.45) is 5.73 Å². The van der Waals surface area contributed by atoms with Crippen molar-refractivity contribution in [1.82, 2.24) is 10.6 Å². The highest BCUT2D eigenvalue weighted by Crippen LogP contribution is 2.35. The van der Waals surface area contributed by atoms with Gasteiger partial charge >= 0.3 is 0 Å². The summed E-state index contributed by atoms with van der Waals surface area (Å²) >= 11 is 0. The van der Waals surface area contributed by atoms with E-state index in [1.54, 1.807) is 0 Å². The number of hydrogen-bond donors (Lipinski definition) is 11. The first-order valence-electron chi connectivity index (χ1n) is 17.6. The molecule has 8 unspecified atom stereocenters. The fourth-order valence-corrected chi connectivity index (χ4v) is 6.73. The quantitative estimate of drug-likeness (QED) is 0.0571. The maximum absolute atomic E-state index is 12.3. The van der Waals surface area contributed by atoms with E-state index in [1.807, 2.05) is 0 Å². The van der Waals surface area contributed by atoms with Gasteiger partial charge in [0.15, 0.2) is 37.4 Å². The first-order chi connectivity index (χ1) is 27.1. The molecule has 26 nitrogen and oxygen atoms in total. The topological polar surface area (TPSA) is 382 Å². The van der Waals surface area contributed by atoms with E-state index in [9.17, 15) is 60.0 Å². The van der Waals surface area contributed by atoms with Gasteiger partial charge in [-0.25, -0.2) is 0 Å². The summed E-state index contributed by atoms with van der Waals surface area (Å²) in [5.41, 5.74) is 5.41. The molecule has 4 aliphatic rings. The van der Waals surface area contributed by atoms with E-state index in [0.29, 0.717) is 0 Å². The fourth-order valence-electron chi connectivity index (χ4n) is 6.73. The van der Waals surface area contributed by atoms with E-state index in [1.165, 1.54) is 7.11 Å². The number of nitrogens with two attached hydrogens (primary N) is 1. The molecule has 4 heterocycles. The summed E-state index contributed by atoms with van der Waals surface area (Å²) < 4.78 is 60.2. The number of rotatable bonds is 18. The van der Waals surface area contributed by atoms with Crippen molar-refractivity contribution < 1.29 is 112 Å². The highest BCUT2D eigenvalue weighted by atomic mass is 16.8. The van der Waals surface area contributed by atoms with Crippen LogP contribution >= 0.6 is 0 Å². The third kappa shape index (κ3) is 10.9. The maximum Gasteiger partial charge on any atom is 0.295 e. The molecule has 328 valence electrons. The van der Waals surface area contributed by atoms with Crippen molar-refractivity contribution >= 4 is 24.8 Å². The van der Waals surface area contributed by atoms with Crippen LogP contribution < -0.4 is 16.4 Å². The zero-order valence-electron chi connectivity index (χ0n) is 30.8. The lowest BCUT2D eigenvalue weighted by molar-refractivity contribution is -0.398. The van der Waals surface area contributed by atoms with E-state index in [-0.39, 0.29) is 26.1 Å². The Kier molecular flexibility index (Phi) is 17.6. The molecule has 4 rings (SSSR count). The molecule has 0 radical (unpaired) electrons. The Morgan fingerprint density at radius 2 is 1.02 bits per heavy atom. The minimum Gasteiger partial charge on any atom is -0.435 e. The summed E-state index contributed by atoms with van der Waals surface area (Å²) in [7, 11) is 1.22. The average molecular weight is 834 g/mol. The van der Waals surface area contributed by atoms with E-state index < -0.39 is 148 Å². The molecule has 26 heteroatoms. The molecule has 0 bridgehead atoms. The zero-order chi connectivity index (χ0) is 42.1. The molecular formula is C31H51N3O23. The number of carbonyl (C=O) groups excluding carboxylic acids is 4. The van der Waals surface area contributed by atoms with Crippen LogP contribution in [0, 0.1) is 0 Å². The Balaban J connectivity index is 1.55. The Morgan fingerprint density at radius 1 is 0.596 bits per heavy atom. The normalized spacial score (nSPS) is 43.7. The molecule has 20 atom stereocenters. The Bertz CT molecular complexity index is 1310. The molecule has 0 spiro atoms. The number of hydrogen-bond acceptors (Lipinski definition) is 24. The predicted octanol–water partition coefficient (Wildman–Crippen LogP) is -8.55. The second-order valence-electron chi connectivity index (χ2n) is 13.2. The lowest BCUT2D eigenvalue weighted by Gasteiger charge is -2.49. The summed E-state index contributed by atoms with van der Waals surface area (Å²) in [6.45, 7) is 0.223. The highest BCUT2D eigenvalue weighted by Gasteiger charge is 2.56. The first-order valence-corrected chi connectivity index (χ1v) is 17.6. The lowest BCUT2D eigenvalue weighted by Crippen LogP contribution is -2.70. The van der Waals surface area contributed by atoms with E-state index in [2.05, 4.69) is 10.6 Å². The summed E-state index contributed by atoms with van der Waals surface area (Å²) in [6.07, 6.45) is -31.6. The van der Waals surface area contributed by atoms with Gasteiger partial charge in [0, 0.05) is 27.5 Å². The van der Waals surface area contributed by atoms with Gasteiger partial charge in [0.05, 0.1) is 19.8 Å². The largest absolute Gasteiger partial charge is 0.435 e. The molecule has 2 amide bonds. The van der Waals surface area contributed by atoms with Gasteiger partial charge in [0.25, 0.3) is 12.9 Å². The van der Waals surface area contributed by atoms with Crippen LogP contribution in [-0.4, -0.2) is 222 Å². The van der Waals surface area contributed by atoms with Gasteiger partial charge in [0.2, 0.25) is 24.4 Å². The molecule has 0 aromatic heterocycles. The first kappa shape index (κ1) is 46.8. The smallest absolute Gasteiger partial charge is 0.295 e. The van der Waals surface area contributed by atoms with Crippen LogP contribution in [0.15, 0.2) is 0 Å². The van der Waals surface area contributed by atoms with Crippen molar-refractivity contribution in [3.8, 4) is 0 Å². The van der Waals surface area contributed by atoms with Crippen molar-refractivity contribution in [1.29, 1.82) is 0 Å². The van der Waals surface area contributed by atoms with Crippen molar-refractivity contribution in [2.45, 2.75) is 137 Å². The molecular weight excluding hydrogens is 782 g/mol. The zero-order valence-corrected chi connectivity index (χ0v) is 30.8. The molecule has 0 aliphatic carbocycles. The van der Waals surface area contributed by atoms with Gasteiger partial charge in [-0.3, -0.25) is 19.2 Å². The van der Waals surface area contributed by atoms with Crippen LogP contribution in [-0.2, 0) is 71.3 Å². The average Bonchev–Trinajstić information content (AvgIpc) is 3.17. The summed E-state index contributed by atoms with van der Waals surface area (Å²) in [5, 5.41) is 91.4. The van der Waals surface area contributed by atoms with Crippen molar-refractivity contribution in [3.05, 3.63) is 0 Å². The number of amides is 2. The Labute approximate surface area is 323 Å². The molecule has 0 saturated carbocycles. The lowest BCUT2D eigenvalue weighted by atomic mass is 9.95. The molecule has 0 aromatic rings. The van der Waals surface area contributed by atoms with Crippen LogP contribution in [0.5, 0.6) is 0 Å². The molecule has 4 aliphatic heterocycles. The minimum absolute atomic E-state index is 0.00304. The number of aliphatic hydroxyl groups is 8. The van der Waals surface area contributed by atoms with Crippen LogP contribution in [0.2, 0.25) is 0 Å². The third-order valence-electron chi connectivity index (χ3n) is 9.37. The van der Waals surface area contributed by atoms with Crippen LogP contribution in [0.3, 0.4) is 0 Å². The summed E-state index contributed by atoms with van der Waals surface area (Å²) in [5.74, 6) is -1.43. The molecule has 4 saturated heterocycles. The standard InChI is InChI=1S/C31H51N3O23/c1-10(39)33-14-16(41)22(47-3)12(6-35)51-26(14)55-25-19(44)21(46)29(57-31(25)50-9-38)53-23-13(7-36)52-27(15(17(23)42)34-11(2)40)54-24-18(43)20(45)28(48-5-4-32)56-30(24)49-8-37/h8-9,12-31,35-36,41-46H,4-7,32H2,1-3H3,(H,33,39)(H,34,40)/t12?,13?,14-,15-,16?,17?,18?,19?,20-,21-,22+,23+,24-,25-,26+,27+,28+,29+,30?,31?/m0/s1. The van der Waals surface area contributed by atoms with Crippen LogP contribution in [0.25, 0.3) is 0 Å². The number of methoxy groups -OCH3 is 1. The van der Waals surface area contributed by atoms with Crippen LogP contribution in [0.1, 0.15) is 13.8 Å². The highest BCUT2D eigenvalue weighted by molar-refractivity contribution is 5.73. The number of carbonyl (C=O) groups is 4. The fraction of sp³-hybridized carbons (Fsp3) is 0.871. The number of aliphatic hydroxyl groups excluding tert-OH is 8. The molecule has 57 heavy (non-hydrogen) atoms. The second-order valence-corrected chi connectivity index (χ2v) is 13.2. The third-order valence-corrected chi connectivity index (χ3v) is 9.37. The van der Waals surface area contributed by atoms with Gasteiger partial charge in [-0.05, 0) is 0 Å². The monoisotopic (exact) mass is 833 g/mol. The van der Waals surface area contributed by atoms with Gasteiger partial charge in [-0.2, -0.15) is 0 Å². The maximum atomic E-state index is 12.3. The van der Waals surface area contributed by atoms with Gasteiger partial charge in [-0.15, -0.1) is 0 Å². The van der Waals surface area contributed by atoms with Gasteiger partial charge < -0.3 is 109 Å². The Morgan fingerprint density at radius 3 is 1.44 bits per heavy atom. The predicted molar refractivity (Wildman–Crippen MR) is 175 cm³/mol. The van der Waals surface area contributed by atoms with E-state index in [4.69, 9.17) is 57.8 Å². The molecule has 4 fully saturated rings. The minimum atomic E-state index is -2.12. The Hall–Kier alpha value is -2.84. The number of ether oxygens (including phenoxy) is 11. The summed E-state index contributed by atoms with van der Waals surface area (Å²) in [4.78, 5) is 47.1. The van der Waals surface area contributed by atoms with Crippen molar-refractivity contribution in [2.75, 3.05) is 33.5 Å². The van der Waals surface area contributed by atoms with E-state index >= 15 is 0 Å². The van der Waals surface area contributed by atoms with Crippen molar-refractivity contribution in [3.63, 3.8) is 0 Å². The molecule has 12 N–H and O–H groups in total. The van der Waals surface area contributed by atoms with Gasteiger partial charge in [0.1, 0.15) is 73.1 Å².